The number of carboxylic acid groups (broad SMARTS) is 1. The van der Waals surface area contributed by atoms with Crippen molar-refractivity contribution in [1.29, 1.82) is 0 Å². The van der Waals surface area contributed by atoms with Crippen molar-refractivity contribution in [3.05, 3.63) is 23.8 Å². The SMILES string of the molecule is COc1cccc(OC)c1C(=O)NCCCCCC(=O)O. The number of methoxy groups -OCH3 is 2. The van der Waals surface area contributed by atoms with Gasteiger partial charge < -0.3 is 19.9 Å². The van der Waals surface area contributed by atoms with Crippen LogP contribution in [0.4, 0.5) is 0 Å². The van der Waals surface area contributed by atoms with Gasteiger partial charge in [0.25, 0.3) is 5.91 Å². The zero-order chi connectivity index (χ0) is 15.7. The van der Waals surface area contributed by atoms with Crippen LogP contribution in [0, 0.1) is 0 Å². The average molecular weight is 295 g/mol. The summed E-state index contributed by atoms with van der Waals surface area (Å²) in [5.41, 5.74) is 0.369. The highest BCUT2D eigenvalue weighted by atomic mass is 16.5. The van der Waals surface area contributed by atoms with Gasteiger partial charge in [0.1, 0.15) is 17.1 Å². The third-order valence-electron chi connectivity index (χ3n) is 3.01. The van der Waals surface area contributed by atoms with E-state index in [9.17, 15) is 9.59 Å². The fourth-order valence-corrected chi connectivity index (χ4v) is 1.94. The van der Waals surface area contributed by atoms with Gasteiger partial charge in [-0.3, -0.25) is 9.59 Å². The molecule has 0 aliphatic rings. The molecule has 6 nitrogen and oxygen atoms in total. The molecule has 0 unspecified atom stereocenters. The second-order valence-electron chi connectivity index (χ2n) is 4.50. The summed E-state index contributed by atoms with van der Waals surface area (Å²) in [4.78, 5) is 22.5. The summed E-state index contributed by atoms with van der Waals surface area (Å²) in [6.07, 6.45) is 2.27. The number of carboxylic acids is 1. The molecule has 0 radical (unpaired) electrons. The van der Waals surface area contributed by atoms with Gasteiger partial charge in [0.15, 0.2) is 0 Å². The molecule has 1 amide bonds. The largest absolute Gasteiger partial charge is 0.496 e. The zero-order valence-electron chi connectivity index (χ0n) is 12.3. The van der Waals surface area contributed by atoms with Gasteiger partial charge in [-0.15, -0.1) is 0 Å². The summed E-state index contributed by atoms with van der Waals surface area (Å²) in [5.74, 6) is -0.143. The number of aliphatic carboxylic acids is 1. The van der Waals surface area contributed by atoms with E-state index in [1.807, 2.05) is 0 Å². The molecule has 0 heterocycles. The first-order valence-electron chi connectivity index (χ1n) is 6.81. The summed E-state index contributed by atoms with van der Waals surface area (Å²) < 4.78 is 10.3. The lowest BCUT2D eigenvalue weighted by atomic mass is 10.1. The van der Waals surface area contributed by atoms with Crippen LogP contribution in [0.25, 0.3) is 0 Å². The van der Waals surface area contributed by atoms with Gasteiger partial charge in [-0.1, -0.05) is 12.5 Å². The number of rotatable bonds is 9. The molecular formula is C15H21NO5. The Balaban J connectivity index is 2.50. The fraction of sp³-hybridized carbons (Fsp3) is 0.467. The van der Waals surface area contributed by atoms with Crippen LogP contribution in [-0.2, 0) is 4.79 Å². The number of carbonyl (C=O) groups excluding carboxylic acids is 1. The van der Waals surface area contributed by atoms with Gasteiger partial charge in [-0.2, -0.15) is 0 Å². The predicted molar refractivity (Wildman–Crippen MR) is 78.0 cm³/mol. The van der Waals surface area contributed by atoms with Gasteiger partial charge in [0.2, 0.25) is 0 Å². The highest BCUT2D eigenvalue weighted by Crippen LogP contribution is 2.27. The standard InChI is InChI=1S/C15H21NO5/c1-20-11-7-6-8-12(21-2)14(11)15(19)16-10-5-3-4-9-13(17)18/h6-8H,3-5,9-10H2,1-2H3,(H,16,19)(H,17,18). The number of unbranched alkanes of at least 4 members (excludes halogenated alkanes) is 2. The van der Waals surface area contributed by atoms with Crippen LogP contribution in [-0.4, -0.2) is 37.7 Å². The summed E-state index contributed by atoms with van der Waals surface area (Å²) in [7, 11) is 2.99. The summed E-state index contributed by atoms with van der Waals surface area (Å²) in [6, 6.07) is 5.15. The van der Waals surface area contributed by atoms with E-state index in [-0.39, 0.29) is 12.3 Å². The van der Waals surface area contributed by atoms with Crippen LogP contribution < -0.4 is 14.8 Å². The first-order valence-corrected chi connectivity index (χ1v) is 6.81. The Hall–Kier alpha value is -2.24. The first-order chi connectivity index (χ1) is 10.1. The fourth-order valence-electron chi connectivity index (χ4n) is 1.94. The molecule has 0 saturated carbocycles. The van der Waals surface area contributed by atoms with E-state index in [0.717, 1.165) is 12.8 Å². The average Bonchev–Trinajstić information content (AvgIpc) is 2.49. The van der Waals surface area contributed by atoms with Gasteiger partial charge in [0, 0.05) is 13.0 Å². The van der Waals surface area contributed by atoms with E-state index in [1.54, 1.807) is 18.2 Å². The third kappa shape index (κ3) is 5.33. The Kier molecular flexibility index (Phi) is 7.08. The second kappa shape index (κ2) is 8.84. The van der Waals surface area contributed by atoms with Crippen molar-refractivity contribution in [3.8, 4) is 11.5 Å². The highest BCUT2D eigenvalue weighted by molar-refractivity contribution is 5.99. The molecule has 0 fully saturated rings. The third-order valence-corrected chi connectivity index (χ3v) is 3.01. The van der Waals surface area contributed by atoms with Crippen LogP contribution in [0.5, 0.6) is 11.5 Å². The molecule has 21 heavy (non-hydrogen) atoms. The lowest BCUT2D eigenvalue weighted by Gasteiger charge is -2.12. The lowest BCUT2D eigenvalue weighted by molar-refractivity contribution is -0.137. The Labute approximate surface area is 124 Å². The molecule has 0 saturated heterocycles. The molecule has 1 rings (SSSR count). The van der Waals surface area contributed by atoms with Crippen molar-refractivity contribution < 1.29 is 24.2 Å². The minimum Gasteiger partial charge on any atom is -0.496 e. The maximum atomic E-state index is 12.2. The molecule has 2 N–H and O–H groups in total. The summed E-state index contributed by atoms with van der Waals surface area (Å²) >= 11 is 0. The number of nitrogens with one attached hydrogen (secondary N) is 1. The molecule has 1 aromatic rings. The minimum absolute atomic E-state index is 0.161. The van der Waals surface area contributed by atoms with Crippen LogP contribution in [0.1, 0.15) is 36.0 Å². The van der Waals surface area contributed by atoms with Crippen molar-refractivity contribution in [2.24, 2.45) is 0 Å². The van der Waals surface area contributed by atoms with Crippen molar-refractivity contribution >= 4 is 11.9 Å². The molecule has 0 aliphatic carbocycles. The smallest absolute Gasteiger partial charge is 0.303 e. The first kappa shape index (κ1) is 16.8. The van der Waals surface area contributed by atoms with E-state index < -0.39 is 5.97 Å². The van der Waals surface area contributed by atoms with E-state index in [4.69, 9.17) is 14.6 Å². The van der Waals surface area contributed by atoms with Crippen molar-refractivity contribution in [1.82, 2.24) is 5.32 Å². The number of carbonyl (C=O) groups is 2. The molecule has 1 aromatic carbocycles. The van der Waals surface area contributed by atoms with E-state index in [2.05, 4.69) is 5.32 Å². The maximum absolute atomic E-state index is 12.2. The maximum Gasteiger partial charge on any atom is 0.303 e. The minimum atomic E-state index is -0.794. The quantitative estimate of drug-likeness (QED) is 0.681. The van der Waals surface area contributed by atoms with Crippen molar-refractivity contribution in [3.63, 3.8) is 0 Å². The van der Waals surface area contributed by atoms with Crippen LogP contribution >= 0.6 is 0 Å². The lowest BCUT2D eigenvalue weighted by Crippen LogP contribution is -2.25. The summed E-state index contributed by atoms with van der Waals surface area (Å²) in [6.45, 7) is 0.486. The predicted octanol–water partition coefficient (Wildman–Crippen LogP) is 2.08. The number of hydrogen-bond donors (Lipinski definition) is 2. The van der Waals surface area contributed by atoms with E-state index >= 15 is 0 Å². The Bertz CT molecular complexity index is 465. The monoisotopic (exact) mass is 295 g/mol. The molecule has 0 aliphatic heterocycles. The van der Waals surface area contributed by atoms with Crippen molar-refractivity contribution in [2.75, 3.05) is 20.8 Å². The Morgan fingerprint density at radius 1 is 1.10 bits per heavy atom. The molecule has 0 aromatic heterocycles. The molecule has 116 valence electrons. The van der Waals surface area contributed by atoms with Gasteiger partial charge in [0.05, 0.1) is 14.2 Å². The Morgan fingerprint density at radius 3 is 2.24 bits per heavy atom. The number of benzene rings is 1. The number of ether oxygens (including phenoxy) is 2. The van der Waals surface area contributed by atoms with Crippen LogP contribution in [0.3, 0.4) is 0 Å². The number of amides is 1. The normalized spacial score (nSPS) is 10.0. The second-order valence-corrected chi connectivity index (χ2v) is 4.50. The molecule has 6 heteroatoms. The molecular weight excluding hydrogens is 274 g/mol. The van der Waals surface area contributed by atoms with Crippen LogP contribution in [0.2, 0.25) is 0 Å². The molecule has 0 atom stereocenters. The Morgan fingerprint density at radius 2 is 1.71 bits per heavy atom. The topological polar surface area (TPSA) is 84.9 Å². The van der Waals surface area contributed by atoms with Gasteiger partial charge in [-0.25, -0.2) is 0 Å². The van der Waals surface area contributed by atoms with E-state index in [0.29, 0.717) is 30.0 Å². The summed E-state index contributed by atoms with van der Waals surface area (Å²) in [5, 5.41) is 11.3. The van der Waals surface area contributed by atoms with Crippen molar-refractivity contribution in [2.45, 2.75) is 25.7 Å². The van der Waals surface area contributed by atoms with Gasteiger partial charge >= 0.3 is 5.97 Å². The highest BCUT2D eigenvalue weighted by Gasteiger charge is 2.17. The zero-order valence-corrected chi connectivity index (χ0v) is 12.3. The molecule has 0 bridgehead atoms. The molecule has 0 spiro atoms. The van der Waals surface area contributed by atoms with E-state index in [1.165, 1.54) is 14.2 Å². The number of hydrogen-bond acceptors (Lipinski definition) is 4. The van der Waals surface area contributed by atoms with Gasteiger partial charge in [-0.05, 0) is 25.0 Å². The van der Waals surface area contributed by atoms with Crippen LogP contribution in [0.15, 0.2) is 18.2 Å².